The van der Waals surface area contributed by atoms with Gasteiger partial charge in [-0.15, -0.1) is 6.58 Å². The van der Waals surface area contributed by atoms with Gasteiger partial charge in [-0.1, -0.05) is 18.2 Å². The van der Waals surface area contributed by atoms with Gasteiger partial charge in [0.05, 0.1) is 25.2 Å². The maximum Gasteiger partial charge on any atom is 0.330 e. The van der Waals surface area contributed by atoms with Crippen molar-refractivity contribution in [2.45, 2.75) is 44.6 Å². The van der Waals surface area contributed by atoms with Gasteiger partial charge in [0, 0.05) is 23.9 Å². The molecular weight excluding hydrogens is 444 g/mol. The van der Waals surface area contributed by atoms with Crippen LogP contribution in [-0.2, 0) is 25.5 Å². The molecule has 0 bridgehead atoms. The summed E-state index contributed by atoms with van der Waals surface area (Å²) in [6, 6.07) is 12.2. The Morgan fingerprint density at radius 3 is 2.46 bits per heavy atom. The van der Waals surface area contributed by atoms with Crippen LogP contribution in [0.1, 0.15) is 43.2 Å². The Morgan fingerprint density at radius 1 is 1.00 bits per heavy atom. The Bertz CT molecular complexity index is 1020. The van der Waals surface area contributed by atoms with Gasteiger partial charge in [0.1, 0.15) is 5.75 Å². The highest BCUT2D eigenvalue weighted by Crippen LogP contribution is 2.28. The molecule has 0 aromatic heterocycles. The maximum absolute atomic E-state index is 12.5. The van der Waals surface area contributed by atoms with Crippen molar-refractivity contribution in [3.8, 4) is 5.75 Å². The number of rotatable bonds is 11. The van der Waals surface area contributed by atoms with Crippen LogP contribution < -0.4 is 16.2 Å². The molecule has 0 unspecified atom stereocenters. The minimum Gasteiger partial charge on any atom is -0.462 e. The normalized spacial score (nSPS) is 17.7. The summed E-state index contributed by atoms with van der Waals surface area (Å²) in [4.78, 5) is 24.5. The van der Waals surface area contributed by atoms with Crippen LogP contribution in [-0.4, -0.2) is 31.3 Å². The van der Waals surface area contributed by atoms with Crippen molar-refractivity contribution in [1.82, 2.24) is 0 Å². The van der Waals surface area contributed by atoms with Crippen molar-refractivity contribution >= 4 is 29.4 Å². The first-order valence-corrected chi connectivity index (χ1v) is 12.0. The minimum atomic E-state index is -0.452. The van der Waals surface area contributed by atoms with Crippen molar-refractivity contribution in [2.75, 3.05) is 24.7 Å². The molecule has 7 nitrogen and oxygen atoms in total. The number of ether oxygens (including phenoxy) is 3. The summed E-state index contributed by atoms with van der Waals surface area (Å²) in [6.45, 7) is 4.58. The third kappa shape index (κ3) is 8.61. The Kier molecular flexibility index (Phi) is 9.93. The van der Waals surface area contributed by atoms with E-state index in [-0.39, 0.29) is 24.6 Å². The lowest BCUT2D eigenvalue weighted by Crippen LogP contribution is -2.29. The van der Waals surface area contributed by atoms with E-state index in [1.165, 1.54) is 6.08 Å². The molecule has 0 amide bonds. The zero-order chi connectivity index (χ0) is 25.0. The van der Waals surface area contributed by atoms with Crippen molar-refractivity contribution in [3.63, 3.8) is 0 Å². The van der Waals surface area contributed by atoms with E-state index < -0.39 is 5.97 Å². The monoisotopic (exact) mass is 478 g/mol. The Labute approximate surface area is 206 Å². The molecule has 7 heteroatoms. The third-order valence-corrected chi connectivity index (χ3v) is 5.98. The first-order chi connectivity index (χ1) is 16.9. The first-order valence-electron chi connectivity index (χ1n) is 12.0. The molecule has 35 heavy (non-hydrogen) atoms. The molecule has 0 heterocycles. The molecule has 1 aliphatic carbocycles. The quantitative estimate of drug-likeness (QED) is 0.120. The smallest absolute Gasteiger partial charge is 0.330 e. The fourth-order valence-electron chi connectivity index (χ4n) is 3.95. The zero-order valence-corrected chi connectivity index (χ0v) is 20.0. The molecule has 2 aromatic carbocycles. The molecule has 1 saturated carbocycles. The zero-order valence-electron chi connectivity index (χ0n) is 20.0. The number of hydrogen-bond acceptors (Lipinski definition) is 7. The molecule has 3 rings (SSSR count). The van der Waals surface area contributed by atoms with Crippen molar-refractivity contribution in [3.05, 3.63) is 72.3 Å². The lowest BCUT2D eigenvalue weighted by Gasteiger charge is -2.27. The molecule has 0 atom stereocenters. The van der Waals surface area contributed by atoms with Crippen LogP contribution in [0.4, 0.5) is 11.4 Å². The fraction of sp³-hybridized carbons (Fsp3) is 0.357. The largest absolute Gasteiger partial charge is 0.462 e. The van der Waals surface area contributed by atoms with E-state index in [2.05, 4.69) is 6.58 Å². The molecule has 186 valence electrons. The Hall–Kier alpha value is -3.58. The molecule has 0 radical (unpaired) electrons. The van der Waals surface area contributed by atoms with Crippen molar-refractivity contribution in [2.24, 2.45) is 5.92 Å². The third-order valence-electron chi connectivity index (χ3n) is 5.98. The van der Waals surface area contributed by atoms with E-state index in [0.717, 1.165) is 43.2 Å². The predicted molar refractivity (Wildman–Crippen MR) is 138 cm³/mol. The SMILES string of the molecule is C=CCCOC1CCC(C(=O)Oc2ccc(/C=C/C(=O)OCCc3cc(N)ccc3N)cc2)CC1. The molecule has 0 spiro atoms. The van der Waals surface area contributed by atoms with Crippen molar-refractivity contribution < 1.29 is 23.8 Å². The molecule has 1 fully saturated rings. The topological polar surface area (TPSA) is 114 Å². The molecule has 2 aromatic rings. The van der Waals surface area contributed by atoms with Crippen LogP contribution in [0.25, 0.3) is 6.08 Å². The average molecular weight is 479 g/mol. The van der Waals surface area contributed by atoms with E-state index in [1.807, 2.05) is 6.08 Å². The van der Waals surface area contributed by atoms with Gasteiger partial charge in [-0.3, -0.25) is 4.79 Å². The molecule has 1 aliphatic rings. The summed E-state index contributed by atoms with van der Waals surface area (Å²) >= 11 is 0. The van der Waals surface area contributed by atoms with Gasteiger partial charge < -0.3 is 25.7 Å². The van der Waals surface area contributed by atoms with Crippen LogP contribution in [0.15, 0.2) is 61.2 Å². The number of hydrogen-bond donors (Lipinski definition) is 2. The van der Waals surface area contributed by atoms with Crippen LogP contribution in [0, 0.1) is 5.92 Å². The summed E-state index contributed by atoms with van der Waals surface area (Å²) in [5.74, 6) is -0.278. The predicted octanol–water partition coefficient (Wildman–Crippen LogP) is 4.71. The van der Waals surface area contributed by atoms with E-state index in [0.29, 0.717) is 30.2 Å². The van der Waals surface area contributed by atoms with Gasteiger partial charge in [-0.2, -0.15) is 0 Å². The second kappa shape index (κ2) is 13.3. The van der Waals surface area contributed by atoms with Gasteiger partial charge in [-0.25, -0.2) is 4.79 Å². The van der Waals surface area contributed by atoms with Gasteiger partial charge in [0.25, 0.3) is 0 Å². The molecule has 4 N–H and O–H groups in total. The second-order valence-corrected chi connectivity index (χ2v) is 8.62. The average Bonchev–Trinajstić information content (AvgIpc) is 2.86. The minimum absolute atomic E-state index is 0.105. The fourth-order valence-corrected chi connectivity index (χ4v) is 3.95. The highest BCUT2D eigenvalue weighted by atomic mass is 16.5. The van der Waals surface area contributed by atoms with Crippen molar-refractivity contribution in [1.29, 1.82) is 0 Å². The van der Waals surface area contributed by atoms with Gasteiger partial charge in [-0.05, 0) is 79.6 Å². The highest BCUT2D eigenvalue weighted by Gasteiger charge is 2.28. The van der Waals surface area contributed by atoms with Gasteiger partial charge in [0.2, 0.25) is 0 Å². The standard InChI is InChI=1S/C28H34N2O5/c1-2-3-17-33-24-12-7-21(8-13-24)28(32)35-25-10-4-20(5-11-25)6-15-27(31)34-18-16-22-19-23(29)9-14-26(22)30/h2,4-6,9-11,14-15,19,21,24H,1,3,7-8,12-13,16-18,29-30H2/b15-6+. The molecule has 0 saturated heterocycles. The Balaban J connectivity index is 1.39. The number of anilines is 2. The van der Waals surface area contributed by atoms with E-state index >= 15 is 0 Å². The maximum atomic E-state index is 12.5. The lowest BCUT2D eigenvalue weighted by molar-refractivity contribution is -0.141. The summed E-state index contributed by atoms with van der Waals surface area (Å²) in [5.41, 5.74) is 14.5. The van der Waals surface area contributed by atoms with Gasteiger partial charge >= 0.3 is 11.9 Å². The number of nitrogen functional groups attached to an aromatic ring is 2. The number of nitrogens with two attached hydrogens (primary N) is 2. The number of carbonyl (C=O) groups is 2. The highest BCUT2D eigenvalue weighted by molar-refractivity contribution is 5.87. The van der Waals surface area contributed by atoms with E-state index in [4.69, 9.17) is 25.7 Å². The summed E-state index contributed by atoms with van der Waals surface area (Å²) < 4.78 is 16.6. The van der Waals surface area contributed by atoms with Crippen LogP contribution in [0.2, 0.25) is 0 Å². The second-order valence-electron chi connectivity index (χ2n) is 8.62. The first kappa shape index (κ1) is 26.0. The summed E-state index contributed by atoms with van der Waals surface area (Å²) in [5, 5.41) is 0. The molecule has 0 aliphatic heterocycles. The van der Waals surface area contributed by atoms with Gasteiger partial charge in [0.15, 0.2) is 0 Å². The summed E-state index contributed by atoms with van der Waals surface area (Å²) in [7, 11) is 0. The van der Waals surface area contributed by atoms with E-state index in [9.17, 15) is 9.59 Å². The van der Waals surface area contributed by atoms with E-state index in [1.54, 1.807) is 48.5 Å². The lowest BCUT2D eigenvalue weighted by atomic mass is 9.87. The number of carbonyl (C=O) groups excluding carboxylic acids is 2. The van der Waals surface area contributed by atoms with Crippen LogP contribution in [0.5, 0.6) is 5.75 Å². The van der Waals surface area contributed by atoms with Crippen LogP contribution in [0.3, 0.4) is 0 Å². The Morgan fingerprint density at radius 2 is 1.74 bits per heavy atom. The molecular formula is C28H34N2O5. The number of esters is 2. The number of benzene rings is 2. The van der Waals surface area contributed by atoms with Crippen LogP contribution >= 0.6 is 0 Å². The summed E-state index contributed by atoms with van der Waals surface area (Å²) in [6.07, 6.45) is 9.66.